The number of amides is 1. The third-order valence-corrected chi connectivity index (χ3v) is 3.27. The standard InChI is InChI=1S/C13H18FN3O/c1-9(15-2)10-4-3-5-11(14)13(10)17-7-6-16-12(18)8-17/h3-5,9,15H,6-8H2,1-2H3,(H,16,18). The van der Waals surface area contributed by atoms with Crippen LogP contribution in [0.15, 0.2) is 18.2 Å². The Morgan fingerprint density at radius 1 is 1.50 bits per heavy atom. The Morgan fingerprint density at radius 3 is 2.94 bits per heavy atom. The van der Waals surface area contributed by atoms with Crippen molar-refractivity contribution in [3.05, 3.63) is 29.6 Å². The molecule has 1 aromatic rings. The number of rotatable bonds is 3. The van der Waals surface area contributed by atoms with Crippen molar-refractivity contribution in [2.24, 2.45) is 0 Å². The third kappa shape index (κ3) is 2.46. The summed E-state index contributed by atoms with van der Waals surface area (Å²) in [7, 11) is 1.84. The van der Waals surface area contributed by atoms with Gasteiger partial charge in [-0.05, 0) is 25.6 Å². The van der Waals surface area contributed by atoms with Gasteiger partial charge >= 0.3 is 0 Å². The SMILES string of the molecule is CNC(C)c1cccc(F)c1N1CCNC(=O)C1. The van der Waals surface area contributed by atoms with Crippen LogP contribution in [0, 0.1) is 5.82 Å². The fourth-order valence-corrected chi connectivity index (χ4v) is 2.20. The highest BCUT2D eigenvalue weighted by Gasteiger charge is 2.23. The predicted molar refractivity (Wildman–Crippen MR) is 69.1 cm³/mol. The molecular formula is C13H18FN3O. The van der Waals surface area contributed by atoms with Crippen molar-refractivity contribution in [1.82, 2.24) is 10.6 Å². The predicted octanol–water partition coefficient (Wildman–Crippen LogP) is 1.04. The van der Waals surface area contributed by atoms with Gasteiger partial charge in [-0.3, -0.25) is 4.79 Å². The van der Waals surface area contributed by atoms with Gasteiger partial charge in [0.2, 0.25) is 5.91 Å². The van der Waals surface area contributed by atoms with Crippen molar-refractivity contribution < 1.29 is 9.18 Å². The molecule has 0 spiro atoms. The van der Waals surface area contributed by atoms with Gasteiger partial charge in [-0.25, -0.2) is 4.39 Å². The van der Waals surface area contributed by atoms with Crippen molar-refractivity contribution in [1.29, 1.82) is 0 Å². The molecule has 5 heteroatoms. The van der Waals surface area contributed by atoms with E-state index in [1.54, 1.807) is 11.0 Å². The third-order valence-electron chi connectivity index (χ3n) is 3.27. The van der Waals surface area contributed by atoms with Crippen LogP contribution < -0.4 is 15.5 Å². The Morgan fingerprint density at radius 2 is 2.28 bits per heavy atom. The van der Waals surface area contributed by atoms with E-state index in [0.29, 0.717) is 18.8 Å². The molecule has 0 aliphatic carbocycles. The zero-order valence-electron chi connectivity index (χ0n) is 10.7. The number of anilines is 1. The number of benzene rings is 1. The Bertz CT molecular complexity index is 450. The lowest BCUT2D eigenvalue weighted by molar-refractivity contribution is -0.120. The molecule has 2 rings (SSSR count). The molecule has 0 aromatic heterocycles. The van der Waals surface area contributed by atoms with Gasteiger partial charge in [-0.15, -0.1) is 0 Å². The van der Waals surface area contributed by atoms with Crippen molar-refractivity contribution in [2.75, 3.05) is 31.6 Å². The van der Waals surface area contributed by atoms with Gasteiger partial charge in [0.1, 0.15) is 5.82 Å². The molecule has 1 aliphatic rings. The topological polar surface area (TPSA) is 44.4 Å². The van der Waals surface area contributed by atoms with E-state index in [1.807, 2.05) is 20.0 Å². The maximum absolute atomic E-state index is 14.1. The van der Waals surface area contributed by atoms with E-state index in [9.17, 15) is 9.18 Å². The zero-order valence-corrected chi connectivity index (χ0v) is 10.7. The zero-order chi connectivity index (χ0) is 13.1. The average molecular weight is 251 g/mol. The molecular weight excluding hydrogens is 233 g/mol. The molecule has 98 valence electrons. The van der Waals surface area contributed by atoms with Crippen LogP contribution in [0.2, 0.25) is 0 Å². The number of hydrogen-bond acceptors (Lipinski definition) is 3. The first-order valence-electron chi connectivity index (χ1n) is 6.10. The van der Waals surface area contributed by atoms with Gasteiger partial charge in [0.15, 0.2) is 0 Å². The first-order chi connectivity index (χ1) is 8.63. The van der Waals surface area contributed by atoms with E-state index < -0.39 is 0 Å². The van der Waals surface area contributed by atoms with Crippen LogP contribution in [0.5, 0.6) is 0 Å². The van der Waals surface area contributed by atoms with Crippen molar-refractivity contribution >= 4 is 11.6 Å². The molecule has 2 N–H and O–H groups in total. The molecule has 0 saturated carbocycles. The first-order valence-corrected chi connectivity index (χ1v) is 6.10. The van der Waals surface area contributed by atoms with E-state index in [-0.39, 0.29) is 24.3 Å². The van der Waals surface area contributed by atoms with Crippen LogP contribution in [0.4, 0.5) is 10.1 Å². The summed E-state index contributed by atoms with van der Waals surface area (Å²) in [6.07, 6.45) is 0. The largest absolute Gasteiger partial charge is 0.358 e. The lowest BCUT2D eigenvalue weighted by Crippen LogP contribution is -2.48. The van der Waals surface area contributed by atoms with Gasteiger partial charge in [0.25, 0.3) is 0 Å². The maximum atomic E-state index is 14.1. The molecule has 1 fully saturated rings. The van der Waals surface area contributed by atoms with Crippen molar-refractivity contribution in [3.63, 3.8) is 0 Å². The Labute approximate surface area is 106 Å². The van der Waals surface area contributed by atoms with Crippen molar-refractivity contribution in [3.8, 4) is 0 Å². The van der Waals surface area contributed by atoms with E-state index in [4.69, 9.17) is 0 Å². The number of halogens is 1. The van der Waals surface area contributed by atoms with Crippen LogP contribution >= 0.6 is 0 Å². The normalized spacial score (nSPS) is 17.5. The smallest absolute Gasteiger partial charge is 0.239 e. The van der Waals surface area contributed by atoms with Crippen LogP contribution in [-0.4, -0.2) is 32.6 Å². The number of para-hydroxylation sites is 1. The molecule has 1 atom stereocenters. The van der Waals surface area contributed by atoms with Crippen molar-refractivity contribution in [2.45, 2.75) is 13.0 Å². The van der Waals surface area contributed by atoms with Gasteiger partial charge in [0, 0.05) is 19.1 Å². The van der Waals surface area contributed by atoms with Gasteiger partial charge in [-0.2, -0.15) is 0 Å². The summed E-state index contributed by atoms with van der Waals surface area (Å²) < 4.78 is 14.1. The molecule has 1 heterocycles. The Kier molecular flexibility index (Phi) is 3.81. The maximum Gasteiger partial charge on any atom is 0.239 e. The van der Waals surface area contributed by atoms with Crippen LogP contribution in [0.3, 0.4) is 0 Å². The van der Waals surface area contributed by atoms with E-state index in [2.05, 4.69) is 10.6 Å². The monoisotopic (exact) mass is 251 g/mol. The minimum Gasteiger partial charge on any atom is -0.358 e. The van der Waals surface area contributed by atoms with Gasteiger partial charge < -0.3 is 15.5 Å². The number of carbonyl (C=O) groups is 1. The highest BCUT2D eigenvalue weighted by atomic mass is 19.1. The molecule has 1 aliphatic heterocycles. The molecule has 18 heavy (non-hydrogen) atoms. The number of piperazine rings is 1. The summed E-state index contributed by atoms with van der Waals surface area (Å²) in [6.45, 7) is 3.38. The summed E-state index contributed by atoms with van der Waals surface area (Å²) in [6, 6.07) is 5.08. The second-order valence-corrected chi connectivity index (χ2v) is 4.46. The Hall–Kier alpha value is -1.62. The number of nitrogens with zero attached hydrogens (tertiary/aromatic N) is 1. The summed E-state index contributed by atoms with van der Waals surface area (Å²) >= 11 is 0. The molecule has 0 bridgehead atoms. The number of hydrogen-bond donors (Lipinski definition) is 2. The highest BCUT2D eigenvalue weighted by molar-refractivity contribution is 5.83. The van der Waals surface area contributed by atoms with Crippen LogP contribution in [0.25, 0.3) is 0 Å². The molecule has 0 radical (unpaired) electrons. The first kappa shape index (κ1) is 12.8. The quantitative estimate of drug-likeness (QED) is 0.843. The van der Waals surface area contributed by atoms with E-state index in [0.717, 1.165) is 5.56 Å². The van der Waals surface area contributed by atoms with Crippen LogP contribution in [-0.2, 0) is 4.79 Å². The lowest BCUT2D eigenvalue weighted by atomic mass is 10.0. The summed E-state index contributed by atoms with van der Waals surface area (Å²) in [5, 5.41) is 5.85. The van der Waals surface area contributed by atoms with Gasteiger partial charge in [0.05, 0.1) is 12.2 Å². The second-order valence-electron chi connectivity index (χ2n) is 4.46. The average Bonchev–Trinajstić information content (AvgIpc) is 2.37. The van der Waals surface area contributed by atoms with E-state index >= 15 is 0 Å². The highest BCUT2D eigenvalue weighted by Crippen LogP contribution is 2.29. The summed E-state index contributed by atoms with van der Waals surface area (Å²) in [5.41, 5.74) is 1.42. The molecule has 1 aromatic carbocycles. The fourth-order valence-electron chi connectivity index (χ4n) is 2.20. The fraction of sp³-hybridized carbons (Fsp3) is 0.462. The number of carbonyl (C=O) groups excluding carboxylic acids is 1. The molecule has 4 nitrogen and oxygen atoms in total. The minimum absolute atomic E-state index is 0.0423. The van der Waals surface area contributed by atoms with E-state index in [1.165, 1.54) is 6.07 Å². The molecule has 1 unspecified atom stereocenters. The lowest BCUT2D eigenvalue weighted by Gasteiger charge is -2.31. The molecule has 1 amide bonds. The Balaban J connectivity index is 2.38. The number of nitrogens with one attached hydrogen (secondary N) is 2. The van der Waals surface area contributed by atoms with Gasteiger partial charge in [-0.1, -0.05) is 12.1 Å². The minimum atomic E-state index is -0.274. The summed E-state index contributed by atoms with van der Waals surface area (Å²) in [4.78, 5) is 13.2. The van der Waals surface area contributed by atoms with Crippen LogP contribution in [0.1, 0.15) is 18.5 Å². The molecule has 1 saturated heterocycles. The summed E-state index contributed by atoms with van der Waals surface area (Å²) in [5.74, 6) is -0.336. The second kappa shape index (κ2) is 5.35.